The van der Waals surface area contributed by atoms with E-state index in [-0.39, 0.29) is 0 Å². The number of rotatable bonds is 3. The molecule has 4 nitrogen and oxygen atoms in total. The van der Waals surface area contributed by atoms with E-state index in [1.165, 1.54) is 0 Å². The number of hydrogen-bond acceptors (Lipinski definition) is 3. The van der Waals surface area contributed by atoms with Crippen LogP contribution in [0.3, 0.4) is 0 Å². The maximum absolute atomic E-state index is 5.91. The maximum atomic E-state index is 5.91. The number of benzene rings is 2. The normalized spacial score (nSPS) is 11.1. The number of halogens is 1. The summed E-state index contributed by atoms with van der Waals surface area (Å²) >= 11 is 5.91. The molecule has 0 aliphatic heterocycles. The van der Waals surface area contributed by atoms with Crippen LogP contribution in [0.4, 0.5) is 5.82 Å². The van der Waals surface area contributed by atoms with Gasteiger partial charge in [-0.1, -0.05) is 41.9 Å². The van der Waals surface area contributed by atoms with Crippen molar-refractivity contribution in [1.29, 1.82) is 0 Å². The van der Waals surface area contributed by atoms with Gasteiger partial charge in [-0.25, -0.2) is 9.97 Å². The summed E-state index contributed by atoms with van der Waals surface area (Å²) < 4.78 is 0. The average molecular weight is 309 g/mol. The summed E-state index contributed by atoms with van der Waals surface area (Å²) in [6, 6.07) is 15.9. The molecular formula is C17H13ClN4. The first-order chi connectivity index (χ1) is 10.8. The number of nitrogens with one attached hydrogen (secondary N) is 2. The van der Waals surface area contributed by atoms with Gasteiger partial charge in [-0.15, -0.1) is 0 Å². The first-order valence-electron chi connectivity index (χ1n) is 7.01. The van der Waals surface area contributed by atoms with Crippen molar-refractivity contribution in [3.8, 4) is 0 Å². The molecule has 2 aromatic heterocycles. The van der Waals surface area contributed by atoms with Crippen LogP contribution in [-0.2, 0) is 6.54 Å². The van der Waals surface area contributed by atoms with Gasteiger partial charge in [0.05, 0.1) is 0 Å². The lowest BCUT2D eigenvalue weighted by Crippen LogP contribution is -2.02. The Bertz CT molecular complexity index is 944. The van der Waals surface area contributed by atoms with Gasteiger partial charge in [0.25, 0.3) is 0 Å². The van der Waals surface area contributed by atoms with Crippen LogP contribution in [0.1, 0.15) is 5.56 Å². The largest absolute Gasteiger partial charge is 0.364 e. The van der Waals surface area contributed by atoms with Crippen LogP contribution in [0.15, 0.2) is 54.9 Å². The first kappa shape index (κ1) is 13.1. The fourth-order valence-corrected chi connectivity index (χ4v) is 2.69. The molecular weight excluding hydrogens is 296 g/mol. The highest BCUT2D eigenvalue weighted by molar-refractivity contribution is 6.30. The third-order valence-electron chi connectivity index (χ3n) is 3.66. The molecule has 2 N–H and O–H groups in total. The quantitative estimate of drug-likeness (QED) is 0.590. The number of H-pyrrole nitrogens is 1. The van der Waals surface area contributed by atoms with E-state index in [1.807, 2.05) is 42.5 Å². The van der Waals surface area contributed by atoms with Crippen molar-refractivity contribution in [3.63, 3.8) is 0 Å². The van der Waals surface area contributed by atoms with Crippen LogP contribution >= 0.6 is 11.6 Å². The third-order valence-corrected chi connectivity index (χ3v) is 3.91. The number of anilines is 1. The van der Waals surface area contributed by atoms with E-state index in [9.17, 15) is 0 Å². The molecule has 4 rings (SSSR count). The van der Waals surface area contributed by atoms with Crippen molar-refractivity contribution in [2.24, 2.45) is 0 Å². The first-order valence-corrected chi connectivity index (χ1v) is 7.39. The smallest absolute Gasteiger partial charge is 0.154 e. The van der Waals surface area contributed by atoms with E-state index in [4.69, 9.17) is 11.6 Å². The Kier molecular flexibility index (Phi) is 3.16. The van der Waals surface area contributed by atoms with Crippen LogP contribution in [-0.4, -0.2) is 15.0 Å². The van der Waals surface area contributed by atoms with Crippen molar-refractivity contribution in [2.75, 3.05) is 5.32 Å². The van der Waals surface area contributed by atoms with E-state index in [0.29, 0.717) is 6.54 Å². The Balaban J connectivity index is 1.70. The maximum Gasteiger partial charge on any atom is 0.154 e. The fourth-order valence-electron chi connectivity index (χ4n) is 2.56. The molecule has 0 bridgehead atoms. The van der Waals surface area contributed by atoms with Crippen LogP contribution in [0, 0.1) is 0 Å². The minimum absolute atomic E-state index is 0.679. The van der Waals surface area contributed by atoms with Crippen LogP contribution in [0.25, 0.3) is 21.9 Å². The van der Waals surface area contributed by atoms with Crippen molar-refractivity contribution >= 4 is 39.4 Å². The highest BCUT2D eigenvalue weighted by Crippen LogP contribution is 2.27. The number of para-hydroxylation sites is 1. The fraction of sp³-hybridized carbons (Fsp3) is 0.0588. The van der Waals surface area contributed by atoms with E-state index in [1.54, 1.807) is 6.33 Å². The number of fused-ring (bicyclic) bond motifs is 3. The molecule has 0 unspecified atom stereocenters. The minimum Gasteiger partial charge on any atom is -0.364 e. The predicted octanol–water partition coefficient (Wildman–Crippen LogP) is 4.38. The second-order valence-electron chi connectivity index (χ2n) is 5.10. The Morgan fingerprint density at radius 3 is 2.68 bits per heavy atom. The molecule has 4 aromatic rings. The van der Waals surface area contributed by atoms with Crippen LogP contribution < -0.4 is 5.32 Å². The molecule has 0 atom stereocenters. The summed E-state index contributed by atoms with van der Waals surface area (Å²) in [5, 5.41) is 5.20. The monoisotopic (exact) mass is 308 g/mol. The predicted molar refractivity (Wildman–Crippen MR) is 90.2 cm³/mol. The van der Waals surface area contributed by atoms with Gasteiger partial charge in [-0.2, -0.15) is 0 Å². The van der Waals surface area contributed by atoms with Gasteiger partial charge in [0.2, 0.25) is 0 Å². The molecule has 5 heteroatoms. The second kappa shape index (κ2) is 5.31. The SMILES string of the molecule is Clc1ccc(CNc2ncnc3c2[nH]c2ccccc23)cc1. The molecule has 2 heterocycles. The standard InChI is InChI=1S/C17H13ClN4/c18-12-7-5-11(6-8-12)9-19-17-16-15(20-10-21-17)13-3-1-2-4-14(13)22-16/h1-8,10,22H,9H2,(H,19,20,21). The zero-order valence-electron chi connectivity index (χ0n) is 11.7. The third kappa shape index (κ3) is 2.27. The van der Waals surface area contributed by atoms with Crippen LogP contribution in [0.2, 0.25) is 5.02 Å². The average Bonchev–Trinajstić information content (AvgIpc) is 2.94. The molecule has 22 heavy (non-hydrogen) atoms. The topological polar surface area (TPSA) is 53.6 Å². The molecule has 108 valence electrons. The summed E-state index contributed by atoms with van der Waals surface area (Å²) in [4.78, 5) is 12.1. The minimum atomic E-state index is 0.679. The lowest BCUT2D eigenvalue weighted by molar-refractivity contribution is 1.10. The lowest BCUT2D eigenvalue weighted by atomic mass is 10.2. The Morgan fingerprint density at radius 2 is 1.82 bits per heavy atom. The molecule has 0 amide bonds. The van der Waals surface area contributed by atoms with Gasteiger partial charge < -0.3 is 10.3 Å². The van der Waals surface area contributed by atoms with E-state index in [0.717, 1.165) is 38.3 Å². The Morgan fingerprint density at radius 1 is 1.00 bits per heavy atom. The Labute approximate surface area is 132 Å². The molecule has 2 aromatic carbocycles. The molecule has 0 aliphatic rings. The van der Waals surface area contributed by atoms with Crippen molar-refractivity contribution < 1.29 is 0 Å². The summed E-state index contributed by atoms with van der Waals surface area (Å²) in [6.07, 6.45) is 1.59. The van der Waals surface area contributed by atoms with Gasteiger partial charge in [-0.3, -0.25) is 0 Å². The molecule has 0 radical (unpaired) electrons. The van der Waals surface area contributed by atoms with Crippen LogP contribution in [0.5, 0.6) is 0 Å². The number of aromatic nitrogens is 3. The summed E-state index contributed by atoms with van der Waals surface area (Å²) in [6.45, 7) is 0.679. The van der Waals surface area contributed by atoms with Gasteiger partial charge in [0.15, 0.2) is 5.82 Å². The molecule has 0 spiro atoms. The molecule has 0 saturated heterocycles. The van der Waals surface area contributed by atoms with Gasteiger partial charge >= 0.3 is 0 Å². The molecule has 0 aliphatic carbocycles. The number of hydrogen-bond donors (Lipinski definition) is 2. The highest BCUT2D eigenvalue weighted by atomic mass is 35.5. The summed E-state index contributed by atoms with van der Waals surface area (Å²) in [7, 11) is 0. The highest BCUT2D eigenvalue weighted by Gasteiger charge is 2.09. The molecule has 0 saturated carbocycles. The van der Waals surface area contributed by atoms with Gasteiger partial charge in [0.1, 0.15) is 17.4 Å². The van der Waals surface area contributed by atoms with E-state index >= 15 is 0 Å². The summed E-state index contributed by atoms with van der Waals surface area (Å²) in [5.41, 5.74) is 4.07. The van der Waals surface area contributed by atoms with E-state index < -0.39 is 0 Å². The summed E-state index contributed by atoms with van der Waals surface area (Å²) in [5.74, 6) is 0.802. The van der Waals surface area contributed by atoms with Crippen molar-refractivity contribution in [1.82, 2.24) is 15.0 Å². The second-order valence-corrected chi connectivity index (χ2v) is 5.53. The molecule has 0 fully saturated rings. The number of nitrogens with zero attached hydrogens (tertiary/aromatic N) is 2. The van der Waals surface area contributed by atoms with Gasteiger partial charge in [0, 0.05) is 22.5 Å². The van der Waals surface area contributed by atoms with Gasteiger partial charge in [-0.05, 0) is 23.8 Å². The zero-order valence-corrected chi connectivity index (χ0v) is 12.4. The van der Waals surface area contributed by atoms with Crippen molar-refractivity contribution in [3.05, 3.63) is 65.4 Å². The number of aromatic amines is 1. The lowest BCUT2D eigenvalue weighted by Gasteiger charge is -2.06. The van der Waals surface area contributed by atoms with Crippen molar-refractivity contribution in [2.45, 2.75) is 6.54 Å². The Hall–Kier alpha value is -2.59. The zero-order chi connectivity index (χ0) is 14.9. The van der Waals surface area contributed by atoms with E-state index in [2.05, 4.69) is 26.3 Å².